The fourth-order valence-corrected chi connectivity index (χ4v) is 2.54. The molecular formula is C12H20F2N2O2. The number of amides is 1. The van der Waals surface area contributed by atoms with Gasteiger partial charge >= 0.3 is 6.61 Å². The van der Waals surface area contributed by atoms with Gasteiger partial charge in [-0.15, -0.1) is 0 Å². The molecule has 2 aliphatic rings. The van der Waals surface area contributed by atoms with E-state index in [0.29, 0.717) is 13.1 Å². The van der Waals surface area contributed by atoms with E-state index in [2.05, 4.69) is 9.64 Å². The normalized spacial score (nSPS) is 25.3. The molecule has 6 heteroatoms. The van der Waals surface area contributed by atoms with Gasteiger partial charge in [0, 0.05) is 18.5 Å². The second-order valence-electron chi connectivity index (χ2n) is 5.59. The van der Waals surface area contributed by atoms with Crippen LogP contribution < -0.4 is 0 Å². The zero-order chi connectivity index (χ0) is 13.3. The Hall–Kier alpha value is -0.750. The van der Waals surface area contributed by atoms with E-state index in [9.17, 15) is 13.6 Å². The molecule has 0 radical (unpaired) electrons. The van der Waals surface area contributed by atoms with E-state index < -0.39 is 12.7 Å². The van der Waals surface area contributed by atoms with Crippen molar-refractivity contribution in [3.05, 3.63) is 0 Å². The van der Waals surface area contributed by atoms with Crippen LogP contribution in [0.15, 0.2) is 0 Å². The molecule has 0 atom stereocenters. The second kappa shape index (κ2) is 5.09. The molecule has 0 aromatic rings. The summed E-state index contributed by atoms with van der Waals surface area (Å²) in [6.45, 7) is 1.65. The van der Waals surface area contributed by atoms with Gasteiger partial charge in [-0.25, -0.2) is 0 Å². The van der Waals surface area contributed by atoms with E-state index in [-0.39, 0.29) is 11.3 Å². The van der Waals surface area contributed by atoms with Crippen molar-refractivity contribution in [2.45, 2.75) is 32.5 Å². The highest BCUT2D eigenvalue weighted by molar-refractivity contribution is 5.83. The molecule has 2 rings (SSSR count). The highest BCUT2D eigenvalue weighted by Gasteiger charge is 2.43. The van der Waals surface area contributed by atoms with Crippen LogP contribution in [0.1, 0.15) is 19.8 Å². The van der Waals surface area contributed by atoms with E-state index in [1.54, 1.807) is 4.90 Å². The predicted molar refractivity (Wildman–Crippen MR) is 62.3 cm³/mol. The van der Waals surface area contributed by atoms with Crippen LogP contribution >= 0.6 is 0 Å². The Labute approximate surface area is 106 Å². The highest BCUT2D eigenvalue weighted by Crippen LogP contribution is 2.34. The number of rotatable bonds is 3. The van der Waals surface area contributed by atoms with Crippen LogP contribution in [0.4, 0.5) is 8.78 Å². The highest BCUT2D eigenvalue weighted by atomic mass is 19.3. The van der Waals surface area contributed by atoms with E-state index in [0.717, 1.165) is 25.9 Å². The Bertz CT molecular complexity index is 311. The van der Waals surface area contributed by atoms with Crippen molar-refractivity contribution in [3.63, 3.8) is 0 Å². The minimum Gasteiger partial charge on any atom is -0.337 e. The van der Waals surface area contributed by atoms with E-state index in [4.69, 9.17) is 0 Å². The SMILES string of the molecule is CN1CCC(C)(C(=O)N2CC(OC(F)F)C2)CC1. The molecular weight excluding hydrogens is 242 g/mol. The Balaban J connectivity index is 1.82. The molecule has 0 bridgehead atoms. The average molecular weight is 262 g/mol. The van der Waals surface area contributed by atoms with Crippen LogP contribution in [0.5, 0.6) is 0 Å². The minimum atomic E-state index is -2.74. The van der Waals surface area contributed by atoms with Gasteiger partial charge < -0.3 is 14.5 Å². The lowest BCUT2D eigenvalue weighted by Crippen LogP contribution is -2.59. The number of likely N-dealkylation sites (tertiary alicyclic amines) is 2. The summed E-state index contributed by atoms with van der Waals surface area (Å²) in [6, 6.07) is 0. The summed E-state index contributed by atoms with van der Waals surface area (Å²) in [7, 11) is 2.04. The quantitative estimate of drug-likeness (QED) is 0.765. The van der Waals surface area contributed by atoms with Crippen molar-refractivity contribution in [2.24, 2.45) is 5.41 Å². The summed E-state index contributed by atoms with van der Waals surface area (Å²) < 4.78 is 28.3. The molecule has 2 fully saturated rings. The van der Waals surface area contributed by atoms with E-state index in [1.807, 2.05) is 14.0 Å². The maximum absolute atomic E-state index is 12.3. The van der Waals surface area contributed by atoms with E-state index >= 15 is 0 Å². The largest absolute Gasteiger partial charge is 0.345 e. The van der Waals surface area contributed by atoms with Gasteiger partial charge in [0.05, 0.1) is 6.10 Å². The van der Waals surface area contributed by atoms with Crippen molar-refractivity contribution in [1.29, 1.82) is 0 Å². The van der Waals surface area contributed by atoms with Gasteiger partial charge in [-0.3, -0.25) is 4.79 Å². The van der Waals surface area contributed by atoms with Crippen LogP contribution in [0.2, 0.25) is 0 Å². The fourth-order valence-electron chi connectivity index (χ4n) is 2.54. The smallest absolute Gasteiger partial charge is 0.337 e. The Kier molecular flexibility index (Phi) is 3.87. The molecule has 4 nitrogen and oxygen atoms in total. The molecule has 0 unspecified atom stereocenters. The molecule has 2 aliphatic heterocycles. The van der Waals surface area contributed by atoms with Crippen molar-refractivity contribution >= 4 is 5.91 Å². The van der Waals surface area contributed by atoms with Crippen molar-refractivity contribution in [2.75, 3.05) is 33.2 Å². The first-order valence-corrected chi connectivity index (χ1v) is 6.32. The number of hydrogen-bond donors (Lipinski definition) is 0. The number of alkyl halides is 2. The summed E-state index contributed by atoms with van der Waals surface area (Å²) in [4.78, 5) is 16.1. The standard InChI is InChI=1S/C12H20F2N2O2/c1-12(3-5-15(2)6-4-12)10(17)16-7-9(8-16)18-11(13)14/h9,11H,3-8H2,1-2H3. The second-order valence-corrected chi connectivity index (χ2v) is 5.59. The molecule has 0 N–H and O–H groups in total. The monoisotopic (exact) mass is 262 g/mol. The molecule has 104 valence electrons. The summed E-state index contributed by atoms with van der Waals surface area (Å²) in [5.74, 6) is 0.0877. The summed E-state index contributed by atoms with van der Waals surface area (Å²) in [6.07, 6.45) is 1.17. The van der Waals surface area contributed by atoms with Gasteiger partial charge in [0.2, 0.25) is 5.91 Å². The topological polar surface area (TPSA) is 32.8 Å². The summed E-state index contributed by atoms with van der Waals surface area (Å²) in [5.41, 5.74) is -0.331. The van der Waals surface area contributed by atoms with Crippen molar-refractivity contribution < 1.29 is 18.3 Å². The summed E-state index contributed by atoms with van der Waals surface area (Å²) in [5, 5.41) is 0. The minimum absolute atomic E-state index is 0.0877. The van der Waals surface area contributed by atoms with Gasteiger partial charge in [-0.2, -0.15) is 8.78 Å². The molecule has 2 saturated heterocycles. The maximum Gasteiger partial charge on any atom is 0.345 e. The average Bonchev–Trinajstić information content (AvgIpc) is 2.26. The molecule has 0 saturated carbocycles. The molecule has 0 aromatic heterocycles. The third kappa shape index (κ3) is 2.80. The maximum atomic E-state index is 12.3. The first-order valence-electron chi connectivity index (χ1n) is 6.32. The molecule has 0 aromatic carbocycles. The van der Waals surface area contributed by atoms with Crippen LogP contribution in [-0.4, -0.2) is 61.6 Å². The lowest BCUT2D eigenvalue weighted by atomic mass is 9.78. The third-order valence-electron chi connectivity index (χ3n) is 4.04. The van der Waals surface area contributed by atoms with Gasteiger partial charge in [-0.05, 0) is 33.0 Å². The van der Waals surface area contributed by atoms with Crippen LogP contribution in [0.25, 0.3) is 0 Å². The van der Waals surface area contributed by atoms with Crippen LogP contribution in [-0.2, 0) is 9.53 Å². The third-order valence-corrected chi connectivity index (χ3v) is 4.04. The lowest BCUT2D eigenvalue weighted by Gasteiger charge is -2.45. The number of carbonyl (C=O) groups excluding carboxylic acids is 1. The Morgan fingerprint density at radius 1 is 1.33 bits per heavy atom. The zero-order valence-corrected chi connectivity index (χ0v) is 10.9. The van der Waals surface area contributed by atoms with Gasteiger partial charge in [0.1, 0.15) is 0 Å². The number of hydrogen-bond acceptors (Lipinski definition) is 3. The number of carbonyl (C=O) groups is 1. The lowest BCUT2D eigenvalue weighted by molar-refractivity contribution is -0.202. The molecule has 0 aliphatic carbocycles. The zero-order valence-electron chi connectivity index (χ0n) is 10.9. The van der Waals surface area contributed by atoms with Gasteiger partial charge in [-0.1, -0.05) is 6.92 Å². The van der Waals surface area contributed by atoms with Crippen LogP contribution in [0.3, 0.4) is 0 Å². The van der Waals surface area contributed by atoms with Crippen molar-refractivity contribution in [1.82, 2.24) is 9.80 Å². The van der Waals surface area contributed by atoms with Gasteiger partial charge in [0.15, 0.2) is 0 Å². The molecule has 0 spiro atoms. The molecule has 1 amide bonds. The summed E-state index contributed by atoms with van der Waals surface area (Å²) >= 11 is 0. The number of piperidine rings is 1. The van der Waals surface area contributed by atoms with E-state index in [1.165, 1.54) is 0 Å². The fraction of sp³-hybridized carbons (Fsp3) is 0.917. The first kappa shape index (κ1) is 13.7. The number of ether oxygens (including phenoxy) is 1. The molecule has 18 heavy (non-hydrogen) atoms. The Morgan fingerprint density at radius 3 is 2.39 bits per heavy atom. The van der Waals surface area contributed by atoms with Crippen LogP contribution in [0, 0.1) is 5.41 Å². The molecule has 2 heterocycles. The predicted octanol–water partition coefficient (Wildman–Crippen LogP) is 1.17. The number of nitrogens with zero attached hydrogens (tertiary/aromatic N) is 2. The first-order chi connectivity index (χ1) is 8.40. The number of halogens is 2. The van der Waals surface area contributed by atoms with Crippen molar-refractivity contribution in [3.8, 4) is 0 Å². The van der Waals surface area contributed by atoms with Gasteiger partial charge in [0.25, 0.3) is 0 Å². The Morgan fingerprint density at radius 2 is 1.89 bits per heavy atom.